The van der Waals surface area contributed by atoms with E-state index in [1.165, 1.54) is 12.0 Å². The van der Waals surface area contributed by atoms with E-state index in [9.17, 15) is 9.59 Å². The number of ether oxygens (including phenoxy) is 1. The Hall–Kier alpha value is -1.14. The molecule has 1 saturated heterocycles. The van der Waals surface area contributed by atoms with Gasteiger partial charge in [-0.25, -0.2) is 0 Å². The Morgan fingerprint density at radius 2 is 2.25 bits per heavy atom. The van der Waals surface area contributed by atoms with Crippen molar-refractivity contribution in [1.29, 1.82) is 0 Å². The van der Waals surface area contributed by atoms with Gasteiger partial charge in [-0.05, 0) is 13.3 Å². The molecule has 2 unspecified atom stereocenters. The smallest absolute Gasteiger partial charge is 0.311 e. The standard InChI is InChI=1S/C10H18N2O4/c1-10(9(14)15)3-4-12(6-10)8(13)7(11)5-16-2/h7H,3-6,11H2,1-2H3,(H,14,15). The van der Waals surface area contributed by atoms with Crippen LogP contribution in [0.3, 0.4) is 0 Å². The second-order valence-corrected chi connectivity index (χ2v) is 4.44. The first kappa shape index (κ1) is 12.9. The molecule has 0 spiro atoms. The highest BCUT2D eigenvalue weighted by molar-refractivity contribution is 5.84. The van der Waals surface area contributed by atoms with Crippen molar-refractivity contribution < 1.29 is 19.4 Å². The number of methoxy groups -OCH3 is 1. The lowest BCUT2D eigenvalue weighted by atomic mass is 9.90. The van der Waals surface area contributed by atoms with E-state index in [2.05, 4.69) is 0 Å². The number of amides is 1. The number of carbonyl (C=O) groups excluding carboxylic acids is 1. The Labute approximate surface area is 94.3 Å². The number of carbonyl (C=O) groups is 2. The van der Waals surface area contributed by atoms with Crippen molar-refractivity contribution in [3.05, 3.63) is 0 Å². The Morgan fingerprint density at radius 1 is 1.62 bits per heavy atom. The van der Waals surface area contributed by atoms with E-state index in [0.717, 1.165) is 0 Å². The van der Waals surface area contributed by atoms with Crippen LogP contribution in [-0.4, -0.2) is 54.7 Å². The van der Waals surface area contributed by atoms with E-state index >= 15 is 0 Å². The van der Waals surface area contributed by atoms with Crippen LogP contribution < -0.4 is 5.73 Å². The molecule has 1 amide bonds. The summed E-state index contributed by atoms with van der Waals surface area (Å²) in [6.45, 7) is 2.46. The minimum Gasteiger partial charge on any atom is -0.481 e. The van der Waals surface area contributed by atoms with E-state index in [0.29, 0.717) is 13.0 Å². The largest absolute Gasteiger partial charge is 0.481 e. The van der Waals surface area contributed by atoms with Crippen LogP contribution in [0, 0.1) is 5.41 Å². The third-order valence-corrected chi connectivity index (χ3v) is 2.96. The number of hydrogen-bond donors (Lipinski definition) is 2. The van der Waals surface area contributed by atoms with Crippen molar-refractivity contribution in [1.82, 2.24) is 4.90 Å². The van der Waals surface area contributed by atoms with Crippen molar-refractivity contribution >= 4 is 11.9 Å². The van der Waals surface area contributed by atoms with Gasteiger partial charge in [0.1, 0.15) is 6.04 Å². The Morgan fingerprint density at radius 3 is 2.69 bits per heavy atom. The van der Waals surface area contributed by atoms with Crippen LogP contribution in [0.1, 0.15) is 13.3 Å². The number of carboxylic acid groups (broad SMARTS) is 1. The maximum absolute atomic E-state index is 11.8. The first-order valence-corrected chi connectivity index (χ1v) is 5.17. The normalized spacial score (nSPS) is 26.8. The second-order valence-electron chi connectivity index (χ2n) is 4.44. The molecule has 1 heterocycles. The SMILES string of the molecule is COCC(N)C(=O)N1CCC(C)(C(=O)O)C1. The summed E-state index contributed by atoms with van der Waals surface area (Å²) in [6, 6.07) is -0.707. The van der Waals surface area contributed by atoms with E-state index in [1.807, 2.05) is 0 Å². The fourth-order valence-corrected chi connectivity index (χ4v) is 1.81. The molecule has 0 saturated carbocycles. The zero-order chi connectivity index (χ0) is 12.3. The minimum atomic E-state index is -0.872. The molecule has 0 aliphatic carbocycles. The molecule has 1 fully saturated rings. The second kappa shape index (κ2) is 4.80. The number of likely N-dealkylation sites (tertiary alicyclic amines) is 1. The van der Waals surface area contributed by atoms with Gasteiger partial charge in [-0.2, -0.15) is 0 Å². The van der Waals surface area contributed by atoms with E-state index < -0.39 is 17.4 Å². The summed E-state index contributed by atoms with van der Waals surface area (Å²) in [5, 5.41) is 9.02. The minimum absolute atomic E-state index is 0.152. The molecule has 6 nitrogen and oxygen atoms in total. The lowest BCUT2D eigenvalue weighted by Crippen LogP contribution is -2.46. The van der Waals surface area contributed by atoms with Gasteiger partial charge in [-0.3, -0.25) is 9.59 Å². The van der Waals surface area contributed by atoms with Crippen LogP contribution >= 0.6 is 0 Å². The highest BCUT2D eigenvalue weighted by Gasteiger charge is 2.42. The average molecular weight is 230 g/mol. The van der Waals surface area contributed by atoms with Gasteiger partial charge in [0.2, 0.25) is 5.91 Å². The van der Waals surface area contributed by atoms with E-state index in [-0.39, 0.29) is 19.1 Å². The molecule has 1 aliphatic rings. The first-order valence-electron chi connectivity index (χ1n) is 5.17. The van der Waals surface area contributed by atoms with Crippen LogP contribution in [0.2, 0.25) is 0 Å². The fraction of sp³-hybridized carbons (Fsp3) is 0.800. The fourth-order valence-electron chi connectivity index (χ4n) is 1.81. The summed E-state index contributed by atoms with van der Waals surface area (Å²) in [5.41, 5.74) is 4.76. The predicted molar refractivity (Wildman–Crippen MR) is 56.8 cm³/mol. The van der Waals surface area contributed by atoms with Gasteiger partial charge in [-0.15, -0.1) is 0 Å². The highest BCUT2D eigenvalue weighted by Crippen LogP contribution is 2.30. The zero-order valence-corrected chi connectivity index (χ0v) is 9.60. The van der Waals surface area contributed by atoms with Crippen molar-refractivity contribution in [2.45, 2.75) is 19.4 Å². The van der Waals surface area contributed by atoms with Crippen LogP contribution in [-0.2, 0) is 14.3 Å². The van der Waals surface area contributed by atoms with Gasteiger partial charge in [0.25, 0.3) is 0 Å². The monoisotopic (exact) mass is 230 g/mol. The molecule has 1 aliphatic heterocycles. The molecule has 3 N–H and O–H groups in total. The third kappa shape index (κ3) is 2.51. The number of hydrogen-bond acceptors (Lipinski definition) is 4. The van der Waals surface area contributed by atoms with Gasteiger partial charge >= 0.3 is 5.97 Å². The lowest BCUT2D eigenvalue weighted by Gasteiger charge is -2.22. The van der Waals surface area contributed by atoms with Gasteiger partial charge in [-0.1, -0.05) is 0 Å². The van der Waals surface area contributed by atoms with Crippen LogP contribution in [0.4, 0.5) is 0 Å². The van der Waals surface area contributed by atoms with Crippen molar-refractivity contribution in [3.63, 3.8) is 0 Å². The number of nitrogens with two attached hydrogens (primary N) is 1. The predicted octanol–water partition coefficient (Wildman–Crippen LogP) is -0.717. The number of carboxylic acids is 1. The summed E-state index contributed by atoms with van der Waals surface area (Å²) in [7, 11) is 1.47. The van der Waals surface area contributed by atoms with Gasteiger partial charge in [0.15, 0.2) is 0 Å². The summed E-state index contributed by atoms with van der Waals surface area (Å²) in [6.07, 6.45) is 0.466. The topological polar surface area (TPSA) is 92.9 Å². The summed E-state index contributed by atoms with van der Waals surface area (Å²) >= 11 is 0. The maximum Gasteiger partial charge on any atom is 0.311 e. The third-order valence-electron chi connectivity index (χ3n) is 2.96. The number of aliphatic carboxylic acids is 1. The highest BCUT2D eigenvalue weighted by atomic mass is 16.5. The maximum atomic E-state index is 11.8. The molecule has 0 bridgehead atoms. The van der Waals surface area contributed by atoms with Gasteiger partial charge in [0, 0.05) is 20.2 Å². The molecule has 2 atom stereocenters. The molecule has 0 aromatic carbocycles. The molecular weight excluding hydrogens is 212 g/mol. The van der Waals surface area contributed by atoms with E-state index in [4.69, 9.17) is 15.6 Å². The Balaban J connectivity index is 2.59. The van der Waals surface area contributed by atoms with Crippen molar-refractivity contribution in [3.8, 4) is 0 Å². The molecule has 92 valence electrons. The summed E-state index contributed by atoms with van der Waals surface area (Å²) in [5.74, 6) is -1.12. The molecule has 0 aromatic rings. The van der Waals surface area contributed by atoms with Crippen molar-refractivity contribution in [2.75, 3.05) is 26.8 Å². The Bertz CT molecular complexity index is 295. The summed E-state index contributed by atoms with van der Waals surface area (Å²) < 4.78 is 4.79. The number of nitrogens with zero attached hydrogens (tertiary/aromatic N) is 1. The van der Waals surface area contributed by atoms with Gasteiger partial charge in [0.05, 0.1) is 12.0 Å². The average Bonchev–Trinajstić information content (AvgIpc) is 2.61. The quantitative estimate of drug-likeness (QED) is 0.665. The number of rotatable bonds is 4. The first-order chi connectivity index (χ1) is 7.40. The van der Waals surface area contributed by atoms with Crippen molar-refractivity contribution in [2.24, 2.45) is 11.1 Å². The Kier molecular flexibility index (Phi) is 3.88. The molecule has 16 heavy (non-hydrogen) atoms. The molecule has 0 aromatic heterocycles. The van der Waals surface area contributed by atoms with Gasteiger partial charge < -0.3 is 20.5 Å². The van der Waals surface area contributed by atoms with E-state index in [1.54, 1.807) is 6.92 Å². The summed E-state index contributed by atoms with van der Waals surface area (Å²) in [4.78, 5) is 24.3. The molecule has 6 heteroatoms. The lowest BCUT2D eigenvalue weighted by molar-refractivity contribution is -0.147. The molecule has 0 radical (unpaired) electrons. The molecule has 1 rings (SSSR count). The van der Waals surface area contributed by atoms with Crippen LogP contribution in [0.25, 0.3) is 0 Å². The molecular formula is C10H18N2O4. The van der Waals surface area contributed by atoms with Crippen LogP contribution in [0.15, 0.2) is 0 Å². The van der Waals surface area contributed by atoms with Crippen LogP contribution in [0.5, 0.6) is 0 Å². The zero-order valence-electron chi connectivity index (χ0n) is 9.60.